The number of piperazine rings is 1. The molecule has 8 heteroatoms. The zero-order valence-corrected chi connectivity index (χ0v) is 17.5. The van der Waals surface area contributed by atoms with E-state index in [0.29, 0.717) is 43.5 Å². The Balaban J connectivity index is 1.42. The lowest BCUT2D eigenvalue weighted by Crippen LogP contribution is -2.47. The summed E-state index contributed by atoms with van der Waals surface area (Å²) in [7, 11) is 0. The van der Waals surface area contributed by atoms with Gasteiger partial charge in [-0.15, -0.1) is 6.58 Å². The summed E-state index contributed by atoms with van der Waals surface area (Å²) >= 11 is 5.65. The summed E-state index contributed by atoms with van der Waals surface area (Å²) in [5, 5.41) is 4.78. The summed E-state index contributed by atoms with van der Waals surface area (Å²) in [6, 6.07) is 4.73. The van der Waals surface area contributed by atoms with E-state index in [1.165, 1.54) is 25.8 Å². The maximum absolute atomic E-state index is 14.4. The minimum absolute atomic E-state index is 0.126. The van der Waals surface area contributed by atoms with E-state index >= 15 is 0 Å². The average molecular weight is 416 g/mol. The van der Waals surface area contributed by atoms with E-state index in [4.69, 9.17) is 17.3 Å². The molecule has 1 aromatic heterocycles. The van der Waals surface area contributed by atoms with Gasteiger partial charge in [0.05, 0.1) is 12.4 Å². The molecule has 2 aromatic rings. The first kappa shape index (κ1) is 20.0. The molecule has 29 heavy (non-hydrogen) atoms. The van der Waals surface area contributed by atoms with Gasteiger partial charge in [-0.05, 0) is 50.2 Å². The van der Waals surface area contributed by atoms with Crippen LogP contribution in [0.3, 0.4) is 0 Å². The van der Waals surface area contributed by atoms with Crippen molar-refractivity contribution in [1.82, 2.24) is 19.2 Å². The van der Waals surface area contributed by atoms with Crippen molar-refractivity contribution in [3.63, 3.8) is 0 Å². The molecule has 1 saturated carbocycles. The third kappa shape index (κ3) is 4.18. The van der Waals surface area contributed by atoms with Crippen molar-refractivity contribution in [1.29, 1.82) is 0 Å². The van der Waals surface area contributed by atoms with Crippen LogP contribution in [-0.4, -0.2) is 51.2 Å². The summed E-state index contributed by atoms with van der Waals surface area (Å²) in [6.07, 6.45) is 4.21. The molecule has 0 radical (unpaired) electrons. The first-order valence-electron chi connectivity index (χ1n) is 10.0. The minimum Gasteiger partial charge on any atom is -0.367 e. The Labute approximate surface area is 175 Å². The van der Waals surface area contributed by atoms with Crippen LogP contribution in [0.1, 0.15) is 41.9 Å². The van der Waals surface area contributed by atoms with Gasteiger partial charge in [-0.2, -0.15) is 5.10 Å². The Bertz CT molecular complexity index is 985. The third-order valence-corrected chi connectivity index (χ3v) is 6.04. The molecule has 4 rings (SSSR count). The first-order chi connectivity index (χ1) is 14.0. The number of Topliss-reactive ketones (excluding diaryl/α,β-unsaturated/α-hetero) is 1. The third-order valence-electron chi connectivity index (χ3n) is 5.61. The number of carbonyl (C=O) groups is 1. The molecule has 1 aliphatic carbocycles. The molecule has 2 fully saturated rings. The normalized spacial score (nSPS) is 17.5. The fourth-order valence-corrected chi connectivity index (χ4v) is 4.06. The second-order valence-corrected chi connectivity index (χ2v) is 8.15. The average Bonchev–Trinajstić information content (AvgIpc) is 3.50. The Morgan fingerprint density at radius 2 is 2.03 bits per heavy atom. The number of ketones is 1. The number of halogens is 1. The molecule has 1 saturated heterocycles. The Hall–Kier alpha value is -2.32. The Morgan fingerprint density at radius 3 is 2.62 bits per heavy atom. The number of carbonyl (C=O) groups excluding carboxylic acids is 1. The molecule has 2 heterocycles. The van der Waals surface area contributed by atoms with E-state index in [2.05, 4.69) is 16.0 Å². The smallest absolute Gasteiger partial charge is 0.199 e. The fourth-order valence-electron chi connectivity index (χ4n) is 3.80. The van der Waals surface area contributed by atoms with E-state index in [9.17, 15) is 9.18 Å². The van der Waals surface area contributed by atoms with Crippen molar-refractivity contribution in [2.45, 2.75) is 38.9 Å². The number of aromatic nitrogens is 3. The van der Waals surface area contributed by atoms with Crippen LogP contribution in [-0.2, 0) is 13.2 Å². The van der Waals surface area contributed by atoms with E-state index in [0.717, 1.165) is 23.7 Å². The Kier molecular flexibility index (Phi) is 5.65. The number of nitrogens with zero attached hydrogens (tertiary/aromatic N) is 5. The largest absolute Gasteiger partial charge is 0.367 e. The van der Waals surface area contributed by atoms with Gasteiger partial charge < -0.3 is 4.90 Å². The van der Waals surface area contributed by atoms with Gasteiger partial charge in [0.25, 0.3) is 0 Å². The van der Waals surface area contributed by atoms with Crippen LogP contribution in [0.4, 0.5) is 10.1 Å². The molecule has 154 valence electrons. The maximum Gasteiger partial charge on any atom is 0.199 e. The van der Waals surface area contributed by atoms with Crippen molar-refractivity contribution in [2.75, 3.05) is 31.1 Å². The van der Waals surface area contributed by atoms with Crippen LogP contribution in [0.5, 0.6) is 0 Å². The lowest BCUT2D eigenvalue weighted by Gasteiger charge is -2.36. The highest BCUT2D eigenvalue weighted by molar-refractivity contribution is 7.71. The van der Waals surface area contributed by atoms with Gasteiger partial charge in [0.1, 0.15) is 11.6 Å². The van der Waals surface area contributed by atoms with Crippen LogP contribution in [0.2, 0.25) is 0 Å². The van der Waals surface area contributed by atoms with E-state index in [1.54, 1.807) is 12.1 Å². The lowest BCUT2D eigenvalue weighted by molar-refractivity contribution is 0.101. The summed E-state index contributed by atoms with van der Waals surface area (Å²) in [5.41, 5.74) is 0.957. The van der Waals surface area contributed by atoms with Gasteiger partial charge in [0.2, 0.25) is 0 Å². The van der Waals surface area contributed by atoms with Gasteiger partial charge >= 0.3 is 0 Å². The van der Waals surface area contributed by atoms with E-state index in [-0.39, 0.29) is 11.6 Å². The topological polar surface area (TPSA) is 46.3 Å². The monoisotopic (exact) mass is 415 g/mol. The van der Waals surface area contributed by atoms with E-state index in [1.807, 2.05) is 15.7 Å². The van der Waals surface area contributed by atoms with Crippen molar-refractivity contribution in [3.8, 4) is 0 Å². The molecule has 1 aromatic carbocycles. The highest BCUT2D eigenvalue weighted by atomic mass is 32.1. The first-order valence-corrected chi connectivity index (χ1v) is 10.4. The molecule has 0 unspecified atom stereocenters. The predicted octanol–water partition coefficient (Wildman–Crippen LogP) is 3.60. The molecular formula is C21H26FN5OS. The second-order valence-electron chi connectivity index (χ2n) is 7.78. The number of anilines is 1. The number of hydrogen-bond donors (Lipinski definition) is 0. The quantitative estimate of drug-likeness (QED) is 0.393. The summed E-state index contributed by atoms with van der Waals surface area (Å²) in [4.78, 5) is 15.7. The minimum atomic E-state index is -0.342. The highest BCUT2D eigenvalue weighted by Gasteiger charge is 2.30. The fraction of sp³-hybridized carbons (Fsp3) is 0.476. The molecule has 0 amide bonds. The number of benzene rings is 1. The van der Waals surface area contributed by atoms with Crippen molar-refractivity contribution in [2.24, 2.45) is 0 Å². The van der Waals surface area contributed by atoms with Gasteiger partial charge in [-0.3, -0.25) is 14.3 Å². The van der Waals surface area contributed by atoms with Crippen LogP contribution in [0, 0.1) is 10.6 Å². The van der Waals surface area contributed by atoms with Crippen LogP contribution in [0.25, 0.3) is 0 Å². The van der Waals surface area contributed by atoms with Gasteiger partial charge in [-0.1, -0.05) is 6.08 Å². The highest BCUT2D eigenvalue weighted by Crippen LogP contribution is 2.39. The van der Waals surface area contributed by atoms with Gasteiger partial charge in [0, 0.05) is 44.2 Å². The number of hydrogen-bond acceptors (Lipinski definition) is 5. The zero-order valence-electron chi connectivity index (χ0n) is 16.7. The van der Waals surface area contributed by atoms with Gasteiger partial charge in [0.15, 0.2) is 10.6 Å². The molecule has 6 nitrogen and oxygen atoms in total. The van der Waals surface area contributed by atoms with Crippen molar-refractivity contribution >= 4 is 23.7 Å². The molecule has 0 bridgehead atoms. The summed E-state index contributed by atoms with van der Waals surface area (Å²) in [6.45, 7) is 9.63. The molecule has 0 spiro atoms. The molecule has 0 N–H and O–H groups in total. The number of allylic oxidation sites excluding steroid dienone is 1. The van der Waals surface area contributed by atoms with Crippen molar-refractivity contribution < 1.29 is 9.18 Å². The number of rotatable bonds is 7. The van der Waals surface area contributed by atoms with Crippen LogP contribution >= 0.6 is 12.2 Å². The lowest BCUT2D eigenvalue weighted by atomic mass is 10.1. The van der Waals surface area contributed by atoms with Crippen LogP contribution < -0.4 is 4.90 Å². The summed E-state index contributed by atoms with van der Waals surface area (Å²) < 4.78 is 19.2. The predicted molar refractivity (Wildman–Crippen MR) is 113 cm³/mol. The van der Waals surface area contributed by atoms with E-state index < -0.39 is 0 Å². The Morgan fingerprint density at radius 1 is 1.31 bits per heavy atom. The standard InChI is InChI=1S/C21H26FN5OS/c1-3-8-26-20(16-4-5-16)23-27(21(26)29)14-24-9-11-25(12-10-24)19-7-6-17(15(2)28)13-18(19)22/h3,6-7,13,16H,1,4-5,8-12,14H2,2H3. The molecular weight excluding hydrogens is 389 g/mol. The SMILES string of the molecule is C=CCn1c(C2CC2)nn(CN2CCN(c3ccc(C(C)=O)cc3F)CC2)c1=S. The van der Waals surface area contributed by atoms with Crippen molar-refractivity contribution in [3.05, 3.63) is 52.8 Å². The van der Waals surface area contributed by atoms with Gasteiger partial charge in [-0.25, -0.2) is 9.07 Å². The van der Waals surface area contributed by atoms with Crippen LogP contribution in [0.15, 0.2) is 30.9 Å². The maximum atomic E-state index is 14.4. The zero-order chi connectivity index (χ0) is 20.5. The second kappa shape index (κ2) is 8.20. The molecule has 2 aliphatic rings. The molecule has 0 atom stereocenters. The summed E-state index contributed by atoms with van der Waals surface area (Å²) in [5.74, 6) is 1.13. The molecule has 1 aliphatic heterocycles.